The zero-order valence-electron chi connectivity index (χ0n) is 18.5. The molecule has 0 unspecified atom stereocenters. The van der Waals surface area contributed by atoms with E-state index in [1.165, 1.54) is 18.2 Å². The van der Waals surface area contributed by atoms with Crippen molar-refractivity contribution < 1.29 is 24.2 Å². The third-order valence-corrected chi connectivity index (χ3v) is 5.86. The molecule has 3 aromatic carbocycles. The van der Waals surface area contributed by atoms with Crippen molar-refractivity contribution in [1.29, 1.82) is 0 Å². The van der Waals surface area contributed by atoms with E-state index in [0.29, 0.717) is 5.56 Å². The minimum Gasteiger partial charge on any atom is -0.486 e. The summed E-state index contributed by atoms with van der Waals surface area (Å²) in [5.41, 5.74) is 3.42. The van der Waals surface area contributed by atoms with Gasteiger partial charge < -0.3 is 15.2 Å². The standard InChI is InChI=1S/C26H20Cl2N2O5/c1-15-3-2-4-17(9-15)13-30-24(31)22(29-26(30)34)12-18-10-20(27)23(21(28)11-18)35-14-16-5-7-19(8-6-16)25(32)33/h2-12H,13-14H2,1H3,(H,29,34)(H,32,33)/b22-12+. The van der Waals surface area contributed by atoms with Crippen LogP contribution in [0.5, 0.6) is 5.75 Å². The normalized spacial score (nSPS) is 14.4. The largest absolute Gasteiger partial charge is 0.486 e. The van der Waals surface area contributed by atoms with Crippen molar-refractivity contribution in [2.24, 2.45) is 0 Å². The van der Waals surface area contributed by atoms with Crippen molar-refractivity contribution in [2.75, 3.05) is 0 Å². The number of carbonyl (C=O) groups excluding carboxylic acids is 2. The maximum absolute atomic E-state index is 12.8. The molecular weight excluding hydrogens is 491 g/mol. The van der Waals surface area contributed by atoms with Crippen molar-refractivity contribution in [1.82, 2.24) is 10.2 Å². The third-order valence-electron chi connectivity index (χ3n) is 5.30. The molecule has 0 aliphatic carbocycles. The molecule has 0 aromatic heterocycles. The van der Waals surface area contributed by atoms with E-state index < -0.39 is 17.9 Å². The first-order valence-corrected chi connectivity index (χ1v) is 11.3. The first-order chi connectivity index (χ1) is 16.7. The predicted octanol–water partition coefficient (Wildman–Crippen LogP) is 5.67. The number of ether oxygens (including phenoxy) is 1. The SMILES string of the molecule is Cc1cccc(CN2C(=O)N/C(=C/c3cc(Cl)c(OCc4ccc(C(=O)O)cc4)c(Cl)c3)C2=O)c1. The second-order valence-electron chi connectivity index (χ2n) is 7.97. The number of carboxylic acid groups (broad SMARTS) is 1. The van der Waals surface area contributed by atoms with Gasteiger partial charge in [0.25, 0.3) is 5.91 Å². The highest BCUT2D eigenvalue weighted by Gasteiger charge is 2.33. The van der Waals surface area contributed by atoms with Crippen LogP contribution in [0.25, 0.3) is 6.08 Å². The Kier molecular flexibility index (Phi) is 7.10. The zero-order valence-corrected chi connectivity index (χ0v) is 20.1. The van der Waals surface area contributed by atoms with Crippen molar-refractivity contribution in [3.05, 3.63) is 104 Å². The summed E-state index contributed by atoms with van der Waals surface area (Å²) in [7, 11) is 0. The molecule has 3 amide bonds. The molecule has 0 radical (unpaired) electrons. The highest BCUT2D eigenvalue weighted by Crippen LogP contribution is 2.35. The van der Waals surface area contributed by atoms with Crippen molar-refractivity contribution in [3.63, 3.8) is 0 Å². The topological polar surface area (TPSA) is 95.9 Å². The Balaban J connectivity index is 1.47. The molecule has 35 heavy (non-hydrogen) atoms. The smallest absolute Gasteiger partial charge is 0.335 e. The highest BCUT2D eigenvalue weighted by molar-refractivity contribution is 6.37. The van der Waals surface area contributed by atoms with Gasteiger partial charge in [-0.25, -0.2) is 9.59 Å². The quantitative estimate of drug-likeness (QED) is 0.315. The number of imide groups is 1. The van der Waals surface area contributed by atoms with E-state index in [9.17, 15) is 14.4 Å². The second kappa shape index (κ2) is 10.2. The van der Waals surface area contributed by atoms with Gasteiger partial charge in [0, 0.05) is 0 Å². The molecule has 178 valence electrons. The number of amides is 3. The Morgan fingerprint density at radius 2 is 1.71 bits per heavy atom. The molecule has 1 aliphatic heterocycles. The minimum atomic E-state index is -1.01. The number of rotatable bonds is 7. The molecule has 1 saturated heterocycles. The van der Waals surface area contributed by atoms with Gasteiger partial charge in [0.2, 0.25) is 0 Å². The van der Waals surface area contributed by atoms with Crippen LogP contribution in [0.15, 0.2) is 66.4 Å². The molecule has 2 N–H and O–H groups in total. The van der Waals surface area contributed by atoms with Gasteiger partial charge in [-0.2, -0.15) is 0 Å². The molecule has 0 bridgehead atoms. The third kappa shape index (κ3) is 5.65. The maximum atomic E-state index is 12.8. The fourth-order valence-corrected chi connectivity index (χ4v) is 4.19. The average Bonchev–Trinajstić information content (AvgIpc) is 3.06. The average molecular weight is 511 g/mol. The van der Waals surface area contributed by atoms with Gasteiger partial charge >= 0.3 is 12.0 Å². The molecule has 1 fully saturated rings. The molecule has 1 aliphatic rings. The molecule has 0 spiro atoms. The van der Waals surface area contributed by atoms with E-state index in [1.54, 1.807) is 24.3 Å². The fourth-order valence-electron chi connectivity index (χ4n) is 3.57. The van der Waals surface area contributed by atoms with Crippen LogP contribution in [-0.4, -0.2) is 27.9 Å². The summed E-state index contributed by atoms with van der Waals surface area (Å²) < 4.78 is 5.73. The minimum absolute atomic E-state index is 0.113. The number of halogens is 2. The lowest BCUT2D eigenvalue weighted by atomic mass is 10.1. The summed E-state index contributed by atoms with van der Waals surface area (Å²) in [6.07, 6.45) is 1.50. The van der Waals surface area contributed by atoms with Gasteiger partial charge in [-0.3, -0.25) is 9.69 Å². The molecule has 0 saturated carbocycles. The lowest BCUT2D eigenvalue weighted by Gasteiger charge is -2.12. The Labute approximate surface area is 211 Å². The maximum Gasteiger partial charge on any atom is 0.335 e. The van der Waals surface area contributed by atoms with Gasteiger partial charge in [-0.1, -0.05) is 65.2 Å². The highest BCUT2D eigenvalue weighted by atomic mass is 35.5. The van der Waals surface area contributed by atoms with Crippen LogP contribution in [0, 0.1) is 6.92 Å². The number of hydrogen-bond acceptors (Lipinski definition) is 4. The van der Waals surface area contributed by atoms with Crippen molar-refractivity contribution in [2.45, 2.75) is 20.1 Å². The van der Waals surface area contributed by atoms with E-state index >= 15 is 0 Å². The van der Waals surface area contributed by atoms with Crippen LogP contribution in [0.3, 0.4) is 0 Å². The van der Waals surface area contributed by atoms with E-state index in [0.717, 1.165) is 21.6 Å². The van der Waals surface area contributed by atoms with Gasteiger partial charge in [-0.05, 0) is 54.0 Å². The summed E-state index contributed by atoms with van der Waals surface area (Å²) in [6, 6.07) is 16.5. The fraction of sp³-hybridized carbons (Fsp3) is 0.115. The van der Waals surface area contributed by atoms with Gasteiger partial charge in [0.05, 0.1) is 22.2 Å². The number of aromatic carboxylic acids is 1. The first-order valence-electron chi connectivity index (χ1n) is 10.6. The van der Waals surface area contributed by atoms with Crippen LogP contribution in [-0.2, 0) is 17.9 Å². The van der Waals surface area contributed by atoms with Gasteiger partial charge in [0.15, 0.2) is 5.75 Å². The van der Waals surface area contributed by atoms with Crippen LogP contribution in [0.2, 0.25) is 10.0 Å². The summed E-state index contributed by atoms with van der Waals surface area (Å²) in [4.78, 5) is 37.3. The molecule has 0 atom stereocenters. The number of urea groups is 1. The molecular formula is C26H20Cl2N2O5. The van der Waals surface area contributed by atoms with Crippen LogP contribution >= 0.6 is 23.2 Å². The predicted molar refractivity (Wildman–Crippen MR) is 132 cm³/mol. The van der Waals surface area contributed by atoms with E-state index in [1.807, 2.05) is 31.2 Å². The van der Waals surface area contributed by atoms with Gasteiger partial charge in [0.1, 0.15) is 12.3 Å². The van der Waals surface area contributed by atoms with Crippen LogP contribution < -0.4 is 10.1 Å². The zero-order chi connectivity index (χ0) is 25.1. The summed E-state index contributed by atoms with van der Waals surface area (Å²) >= 11 is 12.7. The second-order valence-corrected chi connectivity index (χ2v) is 8.79. The lowest BCUT2D eigenvalue weighted by molar-refractivity contribution is -0.123. The van der Waals surface area contributed by atoms with E-state index in [-0.39, 0.29) is 40.2 Å². The number of carboxylic acids is 1. The monoisotopic (exact) mass is 510 g/mol. The number of benzene rings is 3. The Hall–Kier alpha value is -3.81. The Morgan fingerprint density at radius 3 is 2.34 bits per heavy atom. The van der Waals surface area contributed by atoms with Crippen molar-refractivity contribution >= 4 is 47.2 Å². The van der Waals surface area contributed by atoms with E-state index in [2.05, 4.69) is 5.32 Å². The van der Waals surface area contributed by atoms with Crippen LogP contribution in [0.4, 0.5) is 4.79 Å². The number of nitrogens with zero attached hydrogens (tertiary/aromatic N) is 1. The number of nitrogens with one attached hydrogen (secondary N) is 1. The summed E-state index contributed by atoms with van der Waals surface area (Å²) in [5, 5.41) is 12.0. The molecule has 9 heteroatoms. The van der Waals surface area contributed by atoms with Crippen molar-refractivity contribution in [3.8, 4) is 5.75 Å². The number of aryl methyl sites for hydroxylation is 1. The van der Waals surface area contributed by atoms with Gasteiger partial charge in [-0.15, -0.1) is 0 Å². The Morgan fingerprint density at radius 1 is 1.03 bits per heavy atom. The Bertz CT molecular complexity index is 1330. The molecule has 3 aromatic rings. The number of carbonyl (C=O) groups is 3. The van der Waals surface area contributed by atoms with Crippen LogP contribution in [0.1, 0.15) is 32.6 Å². The summed E-state index contributed by atoms with van der Waals surface area (Å²) in [5.74, 6) is -1.21. The lowest BCUT2D eigenvalue weighted by Crippen LogP contribution is -2.30. The molecule has 4 rings (SSSR count). The molecule has 7 nitrogen and oxygen atoms in total. The van der Waals surface area contributed by atoms with E-state index in [4.69, 9.17) is 33.0 Å². The molecule has 1 heterocycles. The number of hydrogen-bond donors (Lipinski definition) is 2. The first kappa shape index (κ1) is 24.3. The summed E-state index contributed by atoms with van der Waals surface area (Å²) in [6.45, 7) is 2.23.